The molecule has 1 aliphatic heterocycles. The minimum absolute atomic E-state index is 0.0950. The maximum atomic E-state index is 11.4. The van der Waals surface area contributed by atoms with E-state index in [1.165, 1.54) is 13.5 Å². The Balaban J connectivity index is 2.53. The van der Waals surface area contributed by atoms with Gasteiger partial charge in [-0.3, -0.25) is 9.69 Å². The number of hydrogen-bond acceptors (Lipinski definition) is 3. The van der Waals surface area contributed by atoms with Gasteiger partial charge in [-0.05, 0) is 31.2 Å². The summed E-state index contributed by atoms with van der Waals surface area (Å²) in [4.78, 5) is 13.6. The van der Waals surface area contributed by atoms with Crippen LogP contribution >= 0.6 is 0 Å². The summed E-state index contributed by atoms with van der Waals surface area (Å²) in [6, 6.07) is -0.0950. The van der Waals surface area contributed by atoms with Crippen LogP contribution in [-0.2, 0) is 9.53 Å². The number of ether oxygens (including phenoxy) is 1. The Morgan fingerprint density at radius 1 is 1.47 bits per heavy atom. The van der Waals surface area contributed by atoms with Gasteiger partial charge in [0.05, 0.1) is 7.11 Å². The van der Waals surface area contributed by atoms with Gasteiger partial charge in [0.15, 0.2) is 0 Å². The van der Waals surface area contributed by atoms with Crippen molar-refractivity contribution in [3.8, 4) is 0 Å². The Kier molecular flexibility index (Phi) is 3.77. The second-order valence-corrected chi connectivity index (χ2v) is 5.55. The first kappa shape index (κ1) is 12.5. The average molecular weight is 213 g/mol. The molecule has 1 saturated heterocycles. The summed E-state index contributed by atoms with van der Waals surface area (Å²) in [5.74, 6) is 0.564. The number of esters is 1. The Morgan fingerprint density at radius 3 is 2.47 bits per heavy atom. The summed E-state index contributed by atoms with van der Waals surface area (Å²) in [5, 5.41) is 0. The zero-order valence-corrected chi connectivity index (χ0v) is 10.5. The maximum Gasteiger partial charge on any atom is 0.322 e. The van der Waals surface area contributed by atoms with Gasteiger partial charge in [-0.25, -0.2) is 0 Å². The molecule has 0 N–H and O–H groups in total. The van der Waals surface area contributed by atoms with Gasteiger partial charge in [-0.1, -0.05) is 20.8 Å². The highest BCUT2D eigenvalue weighted by atomic mass is 16.5. The number of likely N-dealkylation sites (tertiary alicyclic amines) is 1. The molecule has 1 rings (SSSR count). The fourth-order valence-electron chi connectivity index (χ4n) is 2.17. The minimum Gasteiger partial charge on any atom is -0.468 e. The van der Waals surface area contributed by atoms with Crippen LogP contribution in [0.25, 0.3) is 0 Å². The van der Waals surface area contributed by atoms with Gasteiger partial charge in [0.2, 0.25) is 0 Å². The molecule has 1 fully saturated rings. The molecule has 3 heteroatoms. The first-order valence-corrected chi connectivity index (χ1v) is 5.68. The number of carbonyl (C=O) groups is 1. The Morgan fingerprint density at radius 2 is 2.07 bits per heavy atom. The number of methoxy groups -OCH3 is 1. The monoisotopic (exact) mass is 213 g/mol. The predicted octanol–water partition coefficient (Wildman–Crippen LogP) is 1.92. The van der Waals surface area contributed by atoms with Gasteiger partial charge < -0.3 is 4.74 Å². The number of rotatable bonds is 2. The molecule has 0 radical (unpaired) electrons. The molecule has 0 bridgehead atoms. The second kappa shape index (κ2) is 4.52. The van der Waals surface area contributed by atoms with Crippen molar-refractivity contribution in [2.45, 2.75) is 40.2 Å². The highest BCUT2D eigenvalue weighted by Gasteiger charge is 2.35. The molecule has 0 saturated carbocycles. The van der Waals surface area contributed by atoms with E-state index in [0.717, 1.165) is 13.1 Å². The topological polar surface area (TPSA) is 29.5 Å². The van der Waals surface area contributed by atoms with Crippen molar-refractivity contribution in [3.05, 3.63) is 0 Å². The van der Waals surface area contributed by atoms with Crippen LogP contribution in [0, 0.1) is 11.3 Å². The Labute approximate surface area is 92.8 Å². The lowest BCUT2D eigenvalue weighted by Gasteiger charge is -2.28. The summed E-state index contributed by atoms with van der Waals surface area (Å²) in [5.41, 5.74) is 0.338. The average Bonchev–Trinajstić information content (AvgIpc) is 2.63. The van der Waals surface area contributed by atoms with E-state index in [9.17, 15) is 4.79 Å². The van der Waals surface area contributed by atoms with Gasteiger partial charge in [0, 0.05) is 6.54 Å². The minimum atomic E-state index is -0.121. The van der Waals surface area contributed by atoms with E-state index in [1.54, 1.807) is 0 Å². The molecule has 2 unspecified atom stereocenters. The van der Waals surface area contributed by atoms with Crippen LogP contribution in [0.5, 0.6) is 0 Å². The van der Waals surface area contributed by atoms with Crippen molar-refractivity contribution in [2.24, 2.45) is 11.3 Å². The fraction of sp³-hybridized carbons (Fsp3) is 0.917. The second-order valence-electron chi connectivity index (χ2n) is 5.55. The SMILES string of the molecule is COC(=O)C(C)N1CCC(C(C)(C)C)C1. The summed E-state index contributed by atoms with van der Waals surface area (Å²) in [6.45, 7) is 10.8. The third kappa shape index (κ3) is 2.94. The van der Waals surface area contributed by atoms with E-state index >= 15 is 0 Å². The Bertz CT molecular complexity index is 232. The summed E-state index contributed by atoms with van der Waals surface area (Å²) in [6.07, 6.45) is 1.19. The standard InChI is InChI=1S/C12H23NO2/c1-9(11(14)15-5)13-7-6-10(8-13)12(2,3)4/h9-10H,6-8H2,1-5H3. The van der Waals surface area contributed by atoms with E-state index in [-0.39, 0.29) is 12.0 Å². The van der Waals surface area contributed by atoms with Crippen LogP contribution in [0.4, 0.5) is 0 Å². The molecule has 2 atom stereocenters. The molecule has 3 nitrogen and oxygen atoms in total. The van der Waals surface area contributed by atoms with E-state index < -0.39 is 0 Å². The molecule has 0 aromatic carbocycles. The van der Waals surface area contributed by atoms with Crippen molar-refractivity contribution in [1.29, 1.82) is 0 Å². The molecular weight excluding hydrogens is 190 g/mol. The van der Waals surface area contributed by atoms with Crippen LogP contribution in [0.15, 0.2) is 0 Å². The third-order valence-electron chi connectivity index (χ3n) is 3.53. The third-order valence-corrected chi connectivity index (χ3v) is 3.53. The lowest BCUT2D eigenvalue weighted by Crippen LogP contribution is -2.39. The van der Waals surface area contributed by atoms with Crippen molar-refractivity contribution in [1.82, 2.24) is 4.90 Å². The van der Waals surface area contributed by atoms with E-state index in [0.29, 0.717) is 11.3 Å². The molecule has 88 valence electrons. The first-order valence-electron chi connectivity index (χ1n) is 5.68. The number of nitrogens with zero attached hydrogens (tertiary/aromatic N) is 1. The maximum absolute atomic E-state index is 11.4. The molecule has 0 spiro atoms. The quantitative estimate of drug-likeness (QED) is 0.656. The van der Waals surface area contributed by atoms with Crippen LogP contribution in [0.3, 0.4) is 0 Å². The van der Waals surface area contributed by atoms with Crippen LogP contribution in [0.2, 0.25) is 0 Å². The van der Waals surface area contributed by atoms with Crippen molar-refractivity contribution in [2.75, 3.05) is 20.2 Å². The molecule has 0 aromatic rings. The van der Waals surface area contributed by atoms with Gasteiger partial charge in [-0.15, -0.1) is 0 Å². The van der Waals surface area contributed by atoms with Gasteiger partial charge >= 0.3 is 5.97 Å². The van der Waals surface area contributed by atoms with Crippen LogP contribution < -0.4 is 0 Å². The van der Waals surface area contributed by atoms with Crippen molar-refractivity contribution in [3.63, 3.8) is 0 Å². The van der Waals surface area contributed by atoms with Crippen LogP contribution in [0.1, 0.15) is 34.1 Å². The summed E-state index contributed by atoms with van der Waals surface area (Å²) >= 11 is 0. The van der Waals surface area contributed by atoms with Crippen molar-refractivity contribution < 1.29 is 9.53 Å². The fourth-order valence-corrected chi connectivity index (χ4v) is 2.17. The smallest absolute Gasteiger partial charge is 0.322 e. The summed E-state index contributed by atoms with van der Waals surface area (Å²) < 4.78 is 4.76. The number of carbonyl (C=O) groups excluding carboxylic acids is 1. The number of hydrogen-bond donors (Lipinski definition) is 0. The normalized spacial score (nSPS) is 25.3. The molecule has 1 heterocycles. The van der Waals surface area contributed by atoms with Crippen LogP contribution in [-0.4, -0.2) is 37.1 Å². The highest BCUT2D eigenvalue weighted by molar-refractivity contribution is 5.75. The molecule has 1 aliphatic rings. The molecule has 15 heavy (non-hydrogen) atoms. The first-order chi connectivity index (χ1) is 6.86. The largest absolute Gasteiger partial charge is 0.468 e. The zero-order chi connectivity index (χ0) is 11.6. The lowest BCUT2D eigenvalue weighted by atomic mass is 9.80. The van der Waals surface area contributed by atoms with E-state index in [1.807, 2.05) is 6.92 Å². The van der Waals surface area contributed by atoms with E-state index in [2.05, 4.69) is 25.7 Å². The van der Waals surface area contributed by atoms with Crippen molar-refractivity contribution >= 4 is 5.97 Å². The van der Waals surface area contributed by atoms with Gasteiger partial charge in [-0.2, -0.15) is 0 Å². The molecule has 0 aromatic heterocycles. The lowest BCUT2D eigenvalue weighted by molar-refractivity contribution is -0.146. The van der Waals surface area contributed by atoms with Gasteiger partial charge in [0.1, 0.15) is 6.04 Å². The molecule has 0 aliphatic carbocycles. The summed E-state index contributed by atoms with van der Waals surface area (Å²) in [7, 11) is 1.45. The molecule has 0 amide bonds. The van der Waals surface area contributed by atoms with Gasteiger partial charge in [0.25, 0.3) is 0 Å². The molecular formula is C12H23NO2. The zero-order valence-electron chi connectivity index (χ0n) is 10.5. The van der Waals surface area contributed by atoms with E-state index in [4.69, 9.17) is 4.74 Å². The Hall–Kier alpha value is -0.570. The predicted molar refractivity (Wildman–Crippen MR) is 60.6 cm³/mol. The highest BCUT2D eigenvalue weighted by Crippen LogP contribution is 2.34.